The lowest BCUT2D eigenvalue weighted by molar-refractivity contribution is -0.142. The van der Waals surface area contributed by atoms with Crippen molar-refractivity contribution in [2.24, 2.45) is 11.8 Å². The summed E-state index contributed by atoms with van der Waals surface area (Å²) in [5.41, 5.74) is 5.51. The molecule has 2 aliphatic rings. The van der Waals surface area contributed by atoms with Crippen molar-refractivity contribution >= 4 is 112 Å². The molecule has 0 aromatic carbocycles. The van der Waals surface area contributed by atoms with E-state index in [2.05, 4.69) is 40.8 Å². The van der Waals surface area contributed by atoms with Crippen LogP contribution >= 0.6 is 45.9 Å². The number of rotatable bonds is 8. The minimum absolute atomic E-state index is 0.237. The Morgan fingerprint density at radius 3 is 1.81 bits per heavy atom. The molecule has 0 saturated carbocycles. The number of nitrogens with zero attached hydrogens (tertiary/aromatic N) is 9. The lowest BCUT2D eigenvalue weighted by Gasteiger charge is -2.26. The molecule has 10 rings (SSSR count). The van der Waals surface area contributed by atoms with E-state index in [1.54, 1.807) is 45.2 Å². The highest BCUT2D eigenvalue weighted by Crippen LogP contribution is 2.43. The summed E-state index contributed by atoms with van der Waals surface area (Å²) >= 11 is 15.9. The topological polar surface area (TPSA) is 168 Å². The molecule has 59 heavy (non-hydrogen) atoms. The van der Waals surface area contributed by atoms with Crippen LogP contribution in [0.5, 0.6) is 0 Å². The number of anilines is 4. The van der Waals surface area contributed by atoms with Gasteiger partial charge in [0.1, 0.15) is 34.0 Å². The number of aliphatic carboxylic acids is 1. The van der Waals surface area contributed by atoms with Crippen molar-refractivity contribution in [1.29, 1.82) is 0 Å². The highest BCUT2D eigenvalue weighted by atomic mass is 35.5. The monoisotopic (exact) mass is 875 g/mol. The predicted octanol–water partition coefficient (Wildman–Crippen LogP) is 8.49. The number of hydrogen-bond acceptors (Lipinski definition) is 12. The van der Waals surface area contributed by atoms with E-state index in [9.17, 15) is 23.5 Å². The number of carboxylic acids is 1. The van der Waals surface area contributed by atoms with Crippen LogP contribution in [0.2, 0.25) is 10.0 Å². The second-order valence-electron chi connectivity index (χ2n) is 14.4. The molecule has 8 aromatic rings. The number of pyridine rings is 2. The molecular formula is C39H33Cl2F2N11O3S2. The molecule has 14 nitrogen and oxygen atoms in total. The second-order valence-corrected chi connectivity index (χ2v) is 17.3. The predicted molar refractivity (Wildman–Crippen MR) is 224 cm³/mol. The van der Waals surface area contributed by atoms with Gasteiger partial charge in [-0.05, 0) is 73.9 Å². The van der Waals surface area contributed by atoms with Gasteiger partial charge in [-0.3, -0.25) is 9.59 Å². The van der Waals surface area contributed by atoms with Crippen LogP contribution in [-0.2, 0) is 35.3 Å². The van der Waals surface area contributed by atoms with Crippen LogP contribution in [0.25, 0.3) is 31.5 Å². The van der Waals surface area contributed by atoms with Gasteiger partial charge in [0.25, 0.3) is 6.43 Å². The van der Waals surface area contributed by atoms with Crippen molar-refractivity contribution in [2.75, 3.05) is 24.2 Å². The normalized spacial score (nSPS) is 16.2. The molecule has 0 bridgehead atoms. The van der Waals surface area contributed by atoms with Crippen molar-refractivity contribution < 1.29 is 23.5 Å². The summed E-state index contributed by atoms with van der Waals surface area (Å²) in [5, 5.41) is 27.3. The molecule has 0 unspecified atom stereocenters. The number of carbonyl (C=O) groups excluding carboxylic acids is 1. The maximum atomic E-state index is 12.7. The average molecular weight is 877 g/mol. The van der Waals surface area contributed by atoms with Crippen LogP contribution in [0.1, 0.15) is 33.7 Å². The van der Waals surface area contributed by atoms with Gasteiger partial charge in [0.15, 0.2) is 0 Å². The largest absolute Gasteiger partial charge is 0.481 e. The lowest BCUT2D eigenvalue weighted by Crippen LogP contribution is -2.38. The number of halogens is 4. The summed E-state index contributed by atoms with van der Waals surface area (Å²) in [5.74, 6) is -0.256. The fraction of sp³-hybridized carbons (Fsp3) is 0.282. The summed E-state index contributed by atoms with van der Waals surface area (Å²) < 4.78 is 28.8. The Hall–Kier alpha value is -5.56. The first-order chi connectivity index (χ1) is 28.5. The van der Waals surface area contributed by atoms with Gasteiger partial charge in [-0.1, -0.05) is 23.2 Å². The number of carbonyl (C=O) groups is 2. The zero-order chi connectivity index (χ0) is 40.9. The molecule has 0 fully saturated rings. The molecule has 8 aromatic heterocycles. The molecule has 302 valence electrons. The van der Waals surface area contributed by atoms with Gasteiger partial charge in [-0.15, -0.1) is 22.7 Å². The van der Waals surface area contributed by atoms with Crippen LogP contribution in [0, 0.1) is 11.8 Å². The van der Waals surface area contributed by atoms with Gasteiger partial charge in [-0.2, -0.15) is 10.2 Å². The molecule has 20 heteroatoms. The average Bonchev–Trinajstić information content (AvgIpc) is 4.02. The number of fused-ring (bicyclic) bond motifs is 8. The standard InChI is InChI=1S/C21H19ClF2N6OS.C18H14ClN5O2S/c1-29(9-17(23)24)21(31)11-2-3-13-16(6-11)32-20-18(13)19(25-10-26-20)28-15-7-12-4-5-27-30(12)8-14(15)22;19-12-7-24-10(3-4-22-24)6-13(12)23-16-15-11-2-1-9(18(25)26)5-14(11)27-17(15)21-8-20-16/h4-5,7-8,10-11,17H,2-3,6,9H2,1H3,(H,25,26,28);3-4,6-9H,1-2,5H2,(H,25,26)(H,20,21,23)/t11-;9-/m00/s1. The first kappa shape index (κ1) is 38.9. The number of carboxylic acid groups (broad SMARTS) is 1. The van der Waals surface area contributed by atoms with Crippen LogP contribution in [-0.4, -0.2) is 81.1 Å². The second kappa shape index (κ2) is 15.9. The number of thiophene rings is 2. The first-order valence-corrected chi connectivity index (χ1v) is 21.0. The summed E-state index contributed by atoms with van der Waals surface area (Å²) in [7, 11) is 1.43. The molecule has 0 spiro atoms. The van der Waals surface area contributed by atoms with Crippen molar-refractivity contribution in [3.63, 3.8) is 0 Å². The summed E-state index contributed by atoms with van der Waals surface area (Å²) in [6.45, 7) is -0.545. The van der Waals surface area contributed by atoms with E-state index in [1.165, 1.54) is 31.0 Å². The molecule has 2 aliphatic carbocycles. The smallest absolute Gasteiger partial charge is 0.306 e. The van der Waals surface area contributed by atoms with E-state index in [0.29, 0.717) is 65.9 Å². The van der Waals surface area contributed by atoms with Crippen molar-refractivity contribution in [3.05, 3.63) is 92.6 Å². The number of amides is 1. The highest BCUT2D eigenvalue weighted by molar-refractivity contribution is 7.19. The van der Waals surface area contributed by atoms with E-state index in [-0.39, 0.29) is 17.7 Å². The van der Waals surface area contributed by atoms with Gasteiger partial charge in [0.05, 0.1) is 55.7 Å². The Balaban J connectivity index is 0.000000154. The van der Waals surface area contributed by atoms with E-state index >= 15 is 0 Å². The van der Waals surface area contributed by atoms with E-state index in [4.69, 9.17) is 23.2 Å². The molecule has 1 amide bonds. The van der Waals surface area contributed by atoms with Crippen LogP contribution < -0.4 is 10.6 Å². The van der Waals surface area contributed by atoms with Gasteiger partial charge < -0.3 is 20.6 Å². The molecule has 0 radical (unpaired) electrons. The van der Waals surface area contributed by atoms with E-state index < -0.39 is 18.9 Å². The minimum atomic E-state index is -2.54. The zero-order valence-corrected chi connectivity index (χ0v) is 34.2. The number of hydrogen-bond donors (Lipinski definition) is 3. The number of aryl methyl sites for hydroxylation is 2. The summed E-state index contributed by atoms with van der Waals surface area (Å²) in [6, 6.07) is 7.60. The summed E-state index contributed by atoms with van der Waals surface area (Å²) in [4.78, 5) is 46.6. The SMILES string of the molecule is CN(CC(F)F)C(=O)[C@H]1CCc2c(sc3ncnc(Nc4cc5ccnn5cc4Cl)c23)C1.O=C(O)[C@H]1CCc2c(sc3ncnc(Nc4cc5ccnn5cc4Cl)c23)C1. The number of alkyl halides is 2. The van der Waals surface area contributed by atoms with Crippen LogP contribution in [0.15, 0.2) is 61.7 Å². The Kier molecular flexibility index (Phi) is 10.5. The van der Waals surface area contributed by atoms with Gasteiger partial charge >= 0.3 is 5.97 Å². The molecular weight excluding hydrogens is 844 g/mol. The van der Waals surface area contributed by atoms with E-state index in [1.807, 2.05) is 24.3 Å². The van der Waals surface area contributed by atoms with E-state index in [0.717, 1.165) is 62.9 Å². The van der Waals surface area contributed by atoms with Crippen molar-refractivity contribution in [1.82, 2.24) is 44.1 Å². The molecule has 0 saturated heterocycles. The fourth-order valence-electron chi connectivity index (χ4n) is 7.77. The molecule has 3 N–H and O–H groups in total. The first-order valence-electron chi connectivity index (χ1n) is 18.6. The molecule has 8 heterocycles. The number of nitrogens with one attached hydrogen (secondary N) is 2. The third kappa shape index (κ3) is 7.61. The summed E-state index contributed by atoms with van der Waals surface area (Å²) in [6.07, 6.45) is 11.0. The number of aromatic nitrogens is 8. The maximum absolute atomic E-state index is 12.7. The van der Waals surface area contributed by atoms with Gasteiger partial charge in [0.2, 0.25) is 5.91 Å². The highest BCUT2D eigenvalue weighted by Gasteiger charge is 2.32. The van der Waals surface area contributed by atoms with Crippen LogP contribution in [0.4, 0.5) is 31.8 Å². The minimum Gasteiger partial charge on any atom is -0.481 e. The van der Waals surface area contributed by atoms with Crippen molar-refractivity contribution in [3.8, 4) is 0 Å². The Morgan fingerprint density at radius 2 is 1.32 bits per heavy atom. The van der Waals surface area contributed by atoms with Crippen LogP contribution in [0.3, 0.4) is 0 Å². The molecule has 2 atom stereocenters. The quantitative estimate of drug-likeness (QED) is 0.134. The Labute approximate surface area is 351 Å². The third-order valence-corrected chi connectivity index (χ3v) is 13.6. The Morgan fingerprint density at radius 1 is 0.831 bits per heavy atom. The molecule has 0 aliphatic heterocycles. The Bertz CT molecular complexity index is 2920. The lowest BCUT2D eigenvalue weighted by atomic mass is 9.87. The third-order valence-electron chi connectivity index (χ3n) is 10.7. The zero-order valence-electron chi connectivity index (χ0n) is 31.1. The van der Waals surface area contributed by atoms with Gasteiger partial charge in [0, 0.05) is 47.5 Å². The maximum Gasteiger partial charge on any atom is 0.306 e. The van der Waals surface area contributed by atoms with Gasteiger partial charge in [-0.25, -0.2) is 37.7 Å². The van der Waals surface area contributed by atoms with Crippen molar-refractivity contribution in [2.45, 2.75) is 45.0 Å². The fourth-order valence-corrected chi connectivity index (χ4v) is 10.7.